The zero-order valence-corrected chi connectivity index (χ0v) is 21.3. The molecule has 2 atom stereocenters. The number of piperazine rings is 1. The number of benzene rings is 1. The van der Waals surface area contributed by atoms with E-state index in [0.717, 1.165) is 26.2 Å². The highest BCUT2D eigenvalue weighted by Crippen LogP contribution is 2.23. The van der Waals surface area contributed by atoms with E-state index < -0.39 is 12.0 Å². The summed E-state index contributed by atoms with van der Waals surface area (Å²) < 4.78 is 15.8. The molecular formula is C26H33N5O6. The highest BCUT2D eigenvalue weighted by molar-refractivity contribution is 6.11. The number of carbonyl (C=O) groups excluding carboxylic acids is 3. The smallest absolute Gasteiger partial charge is 0.414 e. The standard InChI is InChI=1S/C26H33N5O6/c1-17(2)36-25(33)18(3)30-11-9-29(10-12-30)14-22-15-31(26(34)37-22)21-6-4-19(5-7-21)23(27)28-24(32)20-8-13-35-16-20/h4-8,13,16-18,22H,9-12,14-15H2,1-3H3,(H2,27,28,32). The van der Waals surface area contributed by atoms with E-state index in [9.17, 15) is 14.4 Å². The van der Waals surface area contributed by atoms with Crippen LogP contribution in [0.2, 0.25) is 0 Å². The van der Waals surface area contributed by atoms with Gasteiger partial charge in [-0.15, -0.1) is 0 Å². The summed E-state index contributed by atoms with van der Waals surface area (Å²) >= 11 is 0. The molecule has 0 radical (unpaired) electrons. The summed E-state index contributed by atoms with van der Waals surface area (Å²) in [5.74, 6) is -0.685. The first kappa shape index (κ1) is 26.4. The van der Waals surface area contributed by atoms with Crippen molar-refractivity contribution >= 4 is 29.5 Å². The number of esters is 1. The minimum atomic E-state index is -0.431. The molecule has 1 aromatic heterocycles. The van der Waals surface area contributed by atoms with Crippen molar-refractivity contribution in [2.24, 2.45) is 0 Å². The van der Waals surface area contributed by atoms with Gasteiger partial charge in [0.1, 0.15) is 24.2 Å². The number of hydrogen-bond acceptors (Lipinski definition) is 9. The maximum Gasteiger partial charge on any atom is 0.414 e. The number of nitrogens with zero attached hydrogens (tertiary/aromatic N) is 3. The van der Waals surface area contributed by atoms with Gasteiger partial charge in [0.2, 0.25) is 0 Å². The Hall–Kier alpha value is -3.70. The van der Waals surface area contributed by atoms with Crippen LogP contribution in [-0.4, -0.2) is 91.1 Å². The van der Waals surface area contributed by atoms with Crippen LogP contribution >= 0.6 is 0 Å². The largest absolute Gasteiger partial charge is 0.472 e. The van der Waals surface area contributed by atoms with Crippen LogP contribution in [0.25, 0.3) is 0 Å². The lowest BCUT2D eigenvalue weighted by molar-refractivity contribution is -0.154. The van der Waals surface area contributed by atoms with Crippen molar-refractivity contribution in [2.45, 2.75) is 39.0 Å². The molecular weight excluding hydrogens is 478 g/mol. The maximum absolute atomic E-state index is 12.5. The average Bonchev–Trinajstić information content (AvgIpc) is 3.54. The van der Waals surface area contributed by atoms with Gasteiger partial charge in [0.25, 0.3) is 5.91 Å². The Balaban J connectivity index is 1.25. The van der Waals surface area contributed by atoms with Gasteiger partial charge in [0.05, 0.1) is 24.5 Å². The lowest BCUT2D eigenvalue weighted by Crippen LogP contribution is -2.53. The predicted molar refractivity (Wildman–Crippen MR) is 136 cm³/mol. The summed E-state index contributed by atoms with van der Waals surface area (Å²) in [5.41, 5.74) is 1.50. The SMILES string of the molecule is CC(C)OC(=O)C(C)N1CCN(CC2CN(c3ccc(C(=N)NC(=O)c4ccoc4)cc3)C(=O)O2)CC1. The van der Waals surface area contributed by atoms with Gasteiger partial charge in [-0.3, -0.25) is 29.7 Å². The number of carbonyl (C=O) groups is 3. The highest BCUT2D eigenvalue weighted by Gasteiger charge is 2.35. The fourth-order valence-electron chi connectivity index (χ4n) is 4.39. The van der Waals surface area contributed by atoms with Crippen molar-refractivity contribution in [3.63, 3.8) is 0 Å². The van der Waals surface area contributed by atoms with Crippen molar-refractivity contribution in [1.29, 1.82) is 5.41 Å². The molecule has 37 heavy (non-hydrogen) atoms. The fraction of sp³-hybridized carbons (Fsp3) is 0.462. The number of anilines is 1. The Morgan fingerprint density at radius 1 is 1.08 bits per heavy atom. The molecule has 1 aromatic carbocycles. The summed E-state index contributed by atoms with van der Waals surface area (Å²) in [6.45, 7) is 9.62. The van der Waals surface area contributed by atoms with E-state index in [1.54, 1.807) is 29.2 Å². The number of ether oxygens (including phenoxy) is 2. The minimum absolute atomic E-state index is 0.0504. The Morgan fingerprint density at radius 2 is 1.78 bits per heavy atom. The second-order valence-electron chi connectivity index (χ2n) is 9.50. The van der Waals surface area contributed by atoms with Gasteiger partial charge in [-0.1, -0.05) is 0 Å². The molecule has 2 amide bonds. The molecule has 2 aromatic rings. The molecule has 2 unspecified atom stereocenters. The lowest BCUT2D eigenvalue weighted by atomic mass is 10.1. The van der Waals surface area contributed by atoms with E-state index in [0.29, 0.717) is 29.9 Å². The van der Waals surface area contributed by atoms with Crippen molar-refractivity contribution in [3.05, 3.63) is 54.0 Å². The minimum Gasteiger partial charge on any atom is -0.472 e. The Morgan fingerprint density at radius 3 is 2.41 bits per heavy atom. The molecule has 0 saturated carbocycles. The predicted octanol–water partition coefficient (Wildman–Crippen LogP) is 2.32. The molecule has 2 N–H and O–H groups in total. The third kappa shape index (κ3) is 6.55. The molecule has 198 valence electrons. The van der Waals surface area contributed by atoms with Crippen LogP contribution in [-0.2, 0) is 14.3 Å². The molecule has 2 fully saturated rings. The monoisotopic (exact) mass is 511 g/mol. The van der Waals surface area contributed by atoms with Crippen LogP contribution in [0.3, 0.4) is 0 Å². The zero-order valence-electron chi connectivity index (χ0n) is 21.3. The normalized spacial score (nSPS) is 19.5. The van der Waals surface area contributed by atoms with Crippen LogP contribution in [0.5, 0.6) is 0 Å². The fourth-order valence-corrected chi connectivity index (χ4v) is 4.39. The van der Waals surface area contributed by atoms with E-state index in [1.807, 2.05) is 20.8 Å². The second kappa shape index (κ2) is 11.6. The first-order valence-electron chi connectivity index (χ1n) is 12.4. The first-order valence-corrected chi connectivity index (χ1v) is 12.4. The molecule has 11 nitrogen and oxygen atoms in total. The van der Waals surface area contributed by atoms with Gasteiger partial charge in [-0.25, -0.2) is 4.79 Å². The van der Waals surface area contributed by atoms with Crippen LogP contribution in [0, 0.1) is 5.41 Å². The number of nitrogens with one attached hydrogen (secondary N) is 2. The number of amides is 2. The third-order valence-electron chi connectivity index (χ3n) is 6.47. The molecule has 0 spiro atoms. The summed E-state index contributed by atoms with van der Waals surface area (Å²) in [5, 5.41) is 10.7. The molecule has 3 heterocycles. The van der Waals surface area contributed by atoms with E-state index in [2.05, 4.69) is 15.1 Å². The molecule has 2 saturated heterocycles. The van der Waals surface area contributed by atoms with Crippen molar-refractivity contribution in [1.82, 2.24) is 15.1 Å². The summed E-state index contributed by atoms with van der Waals surface area (Å²) in [4.78, 5) is 42.8. The van der Waals surface area contributed by atoms with E-state index in [4.69, 9.17) is 19.3 Å². The molecule has 0 bridgehead atoms. The second-order valence-corrected chi connectivity index (χ2v) is 9.50. The highest BCUT2D eigenvalue weighted by atomic mass is 16.6. The zero-order chi connectivity index (χ0) is 26.5. The van der Waals surface area contributed by atoms with Gasteiger partial charge in [0, 0.05) is 44.0 Å². The molecule has 2 aliphatic rings. The average molecular weight is 512 g/mol. The van der Waals surface area contributed by atoms with Crippen molar-refractivity contribution < 1.29 is 28.3 Å². The number of hydrogen-bond donors (Lipinski definition) is 2. The number of furan rings is 1. The third-order valence-corrected chi connectivity index (χ3v) is 6.47. The topological polar surface area (TPSA) is 128 Å². The lowest BCUT2D eigenvalue weighted by Gasteiger charge is -2.37. The first-order chi connectivity index (χ1) is 17.7. The quantitative estimate of drug-likeness (QED) is 0.314. The van der Waals surface area contributed by atoms with Crippen molar-refractivity contribution in [2.75, 3.05) is 44.2 Å². The number of rotatable bonds is 8. The molecule has 0 aliphatic carbocycles. The van der Waals surface area contributed by atoms with E-state index in [1.165, 1.54) is 18.6 Å². The van der Waals surface area contributed by atoms with Crippen LogP contribution in [0.15, 0.2) is 47.3 Å². The summed E-state index contributed by atoms with van der Waals surface area (Å²) in [6, 6.07) is 8.05. The van der Waals surface area contributed by atoms with Gasteiger partial charge in [-0.2, -0.15) is 0 Å². The summed E-state index contributed by atoms with van der Waals surface area (Å²) in [6.07, 6.45) is 1.89. The number of amidine groups is 1. The Bertz CT molecular complexity index is 1110. The number of cyclic esters (lactones) is 1. The van der Waals surface area contributed by atoms with Crippen LogP contribution in [0.4, 0.5) is 10.5 Å². The van der Waals surface area contributed by atoms with Gasteiger partial charge >= 0.3 is 12.1 Å². The van der Waals surface area contributed by atoms with Gasteiger partial charge in [0.15, 0.2) is 0 Å². The van der Waals surface area contributed by atoms with E-state index in [-0.39, 0.29) is 30.1 Å². The van der Waals surface area contributed by atoms with Gasteiger partial charge in [-0.05, 0) is 51.1 Å². The Labute approximate surface area is 215 Å². The van der Waals surface area contributed by atoms with Crippen molar-refractivity contribution in [3.8, 4) is 0 Å². The summed E-state index contributed by atoms with van der Waals surface area (Å²) in [7, 11) is 0. The maximum atomic E-state index is 12.5. The molecule has 2 aliphatic heterocycles. The van der Waals surface area contributed by atoms with Crippen LogP contribution in [0.1, 0.15) is 36.7 Å². The molecule has 11 heteroatoms. The molecule has 4 rings (SSSR count). The van der Waals surface area contributed by atoms with Gasteiger partial charge < -0.3 is 19.2 Å². The van der Waals surface area contributed by atoms with E-state index >= 15 is 0 Å². The van der Waals surface area contributed by atoms with Crippen LogP contribution < -0.4 is 10.2 Å². The Kier molecular flexibility index (Phi) is 8.24.